The Kier molecular flexibility index (Phi) is 7.34. The topological polar surface area (TPSA) is 101 Å². The van der Waals surface area contributed by atoms with E-state index < -0.39 is 5.91 Å². The average Bonchev–Trinajstić information content (AvgIpc) is 3.69. The lowest BCUT2D eigenvalue weighted by Gasteiger charge is -2.12. The van der Waals surface area contributed by atoms with Crippen LogP contribution in [0.25, 0.3) is 11.3 Å². The van der Waals surface area contributed by atoms with Crippen LogP contribution in [0, 0.1) is 0 Å². The largest absolute Gasteiger partial charge is 0.497 e. The molecule has 194 valence electrons. The lowest BCUT2D eigenvalue weighted by atomic mass is 10.1. The minimum Gasteiger partial charge on any atom is -0.497 e. The maximum Gasteiger partial charge on any atom is 0.283 e. The predicted octanol–water partition coefficient (Wildman–Crippen LogP) is 5.39. The van der Waals surface area contributed by atoms with Crippen molar-refractivity contribution < 1.29 is 18.7 Å². The molecule has 0 bridgehead atoms. The van der Waals surface area contributed by atoms with Crippen molar-refractivity contribution >= 4 is 34.7 Å². The molecule has 0 atom stereocenters. The van der Waals surface area contributed by atoms with Crippen molar-refractivity contribution in [3.63, 3.8) is 0 Å². The number of rotatable bonds is 9. The van der Waals surface area contributed by atoms with Crippen LogP contribution >= 0.6 is 22.9 Å². The zero-order valence-electron chi connectivity index (χ0n) is 20.5. The third-order valence-electron chi connectivity index (χ3n) is 5.84. The summed E-state index contributed by atoms with van der Waals surface area (Å²) in [7, 11) is 3.01. The fourth-order valence-corrected chi connectivity index (χ4v) is 4.97. The Morgan fingerprint density at radius 3 is 2.71 bits per heavy atom. The Bertz CT molecular complexity index is 1640. The normalized spacial score (nSPS) is 10.9. The first-order valence-corrected chi connectivity index (χ1v) is 12.7. The average molecular weight is 551 g/mol. The fraction of sp³-hybridized carbons (Fsp3) is 0.148. The minimum absolute atomic E-state index is 0.246. The van der Waals surface area contributed by atoms with E-state index in [2.05, 4.69) is 10.4 Å². The number of thiophene rings is 1. The van der Waals surface area contributed by atoms with E-state index >= 15 is 0 Å². The maximum atomic E-state index is 13.7. The van der Waals surface area contributed by atoms with Crippen LogP contribution in [-0.4, -0.2) is 34.5 Å². The van der Waals surface area contributed by atoms with Crippen LogP contribution < -0.4 is 20.3 Å². The molecular weight excluding hydrogens is 528 g/mol. The minimum atomic E-state index is -0.433. The van der Waals surface area contributed by atoms with Crippen LogP contribution in [0.3, 0.4) is 0 Å². The van der Waals surface area contributed by atoms with Gasteiger partial charge in [0.1, 0.15) is 23.0 Å². The van der Waals surface area contributed by atoms with E-state index in [1.807, 2.05) is 12.1 Å². The molecule has 0 radical (unpaired) electrons. The molecule has 9 nitrogen and oxygen atoms in total. The number of pyridine rings is 1. The van der Waals surface area contributed by atoms with Gasteiger partial charge in [0, 0.05) is 28.8 Å². The van der Waals surface area contributed by atoms with E-state index in [0.29, 0.717) is 46.0 Å². The van der Waals surface area contributed by atoms with E-state index in [1.165, 1.54) is 30.2 Å². The highest BCUT2D eigenvalue weighted by atomic mass is 35.5. The summed E-state index contributed by atoms with van der Waals surface area (Å²) in [6.07, 6.45) is 4.85. The number of aromatic nitrogens is 3. The van der Waals surface area contributed by atoms with Gasteiger partial charge in [0.05, 0.1) is 55.3 Å². The number of ether oxygens (including phenoxy) is 2. The molecule has 38 heavy (non-hydrogen) atoms. The van der Waals surface area contributed by atoms with Crippen molar-refractivity contribution in [3.8, 4) is 22.8 Å². The van der Waals surface area contributed by atoms with E-state index in [0.717, 1.165) is 10.4 Å². The summed E-state index contributed by atoms with van der Waals surface area (Å²) in [6.45, 7) is 0.755. The smallest absolute Gasteiger partial charge is 0.283 e. The Labute approximate surface area is 226 Å². The number of anilines is 1. The third kappa shape index (κ3) is 5.22. The predicted molar refractivity (Wildman–Crippen MR) is 146 cm³/mol. The second-order valence-electron chi connectivity index (χ2n) is 8.24. The second kappa shape index (κ2) is 11.0. The first-order valence-electron chi connectivity index (χ1n) is 11.5. The van der Waals surface area contributed by atoms with Crippen LogP contribution in [0.1, 0.15) is 20.8 Å². The van der Waals surface area contributed by atoms with Gasteiger partial charge in [-0.2, -0.15) is 9.78 Å². The maximum absolute atomic E-state index is 13.7. The molecule has 0 fully saturated rings. The molecule has 5 aromatic rings. The number of methoxy groups -OCH3 is 2. The summed E-state index contributed by atoms with van der Waals surface area (Å²) in [5, 5.41) is 7.81. The summed E-state index contributed by atoms with van der Waals surface area (Å²) >= 11 is 7.51. The highest BCUT2D eigenvalue weighted by Crippen LogP contribution is 2.28. The van der Waals surface area contributed by atoms with Gasteiger partial charge in [-0.15, -0.1) is 11.3 Å². The Morgan fingerprint density at radius 2 is 2.00 bits per heavy atom. The number of carbonyl (C=O) groups is 1. The van der Waals surface area contributed by atoms with Crippen LogP contribution in [0.4, 0.5) is 5.82 Å². The second-order valence-corrected chi connectivity index (χ2v) is 10.0. The molecule has 0 saturated heterocycles. The SMILES string of the molecule is COc1ccc(C(=O)n2nc(-c3cccn(Cc4ccoc4)c3=O)cc2NCc2ccc(Cl)s2)c(OC)c1. The van der Waals surface area contributed by atoms with Gasteiger partial charge in [-0.25, -0.2) is 0 Å². The van der Waals surface area contributed by atoms with Crippen molar-refractivity contribution in [2.24, 2.45) is 0 Å². The number of benzene rings is 1. The van der Waals surface area contributed by atoms with Crippen LogP contribution in [0.5, 0.6) is 11.5 Å². The van der Waals surface area contributed by atoms with Crippen molar-refractivity contribution in [1.82, 2.24) is 14.3 Å². The van der Waals surface area contributed by atoms with Crippen LogP contribution in [-0.2, 0) is 13.1 Å². The van der Waals surface area contributed by atoms with Crippen molar-refractivity contribution in [2.45, 2.75) is 13.1 Å². The molecule has 1 aromatic carbocycles. The van der Waals surface area contributed by atoms with E-state index in [4.69, 9.17) is 25.5 Å². The molecule has 4 aromatic heterocycles. The number of hydrogen-bond donors (Lipinski definition) is 1. The molecule has 0 spiro atoms. The van der Waals surface area contributed by atoms with Gasteiger partial charge in [-0.3, -0.25) is 9.59 Å². The summed E-state index contributed by atoms with van der Waals surface area (Å²) < 4.78 is 19.3. The van der Waals surface area contributed by atoms with E-state index in [1.54, 1.807) is 65.8 Å². The van der Waals surface area contributed by atoms with Gasteiger partial charge in [-0.1, -0.05) is 11.6 Å². The van der Waals surface area contributed by atoms with Crippen molar-refractivity contribution in [1.29, 1.82) is 0 Å². The monoisotopic (exact) mass is 550 g/mol. The first kappa shape index (κ1) is 25.4. The third-order valence-corrected chi connectivity index (χ3v) is 7.07. The van der Waals surface area contributed by atoms with Crippen molar-refractivity contribution in [3.05, 3.63) is 104 Å². The van der Waals surface area contributed by atoms with Gasteiger partial charge in [0.15, 0.2) is 0 Å². The standard InChI is InChI=1S/C27H23ClN4O5S/c1-35-18-5-7-21(23(12-18)36-2)27(34)32-25(29-14-19-6-8-24(28)38-19)13-22(30-32)20-4-3-10-31(26(20)33)15-17-9-11-37-16-17/h3-13,16,29H,14-15H2,1-2H3. The highest BCUT2D eigenvalue weighted by Gasteiger charge is 2.22. The van der Waals surface area contributed by atoms with Crippen LogP contribution in [0.2, 0.25) is 4.34 Å². The zero-order valence-corrected chi connectivity index (χ0v) is 22.1. The molecule has 0 unspecified atom stereocenters. The molecule has 0 aliphatic carbocycles. The quantitative estimate of drug-likeness (QED) is 0.263. The summed E-state index contributed by atoms with van der Waals surface area (Å²) in [4.78, 5) is 28.0. The molecule has 0 saturated carbocycles. The van der Waals surface area contributed by atoms with Gasteiger partial charge in [0.25, 0.3) is 11.5 Å². The number of nitrogens with one attached hydrogen (secondary N) is 1. The van der Waals surface area contributed by atoms with Crippen molar-refractivity contribution in [2.75, 3.05) is 19.5 Å². The van der Waals surface area contributed by atoms with Crippen LogP contribution in [0.15, 0.2) is 82.5 Å². The molecule has 0 aliphatic rings. The lowest BCUT2D eigenvalue weighted by molar-refractivity contribution is 0.0944. The number of furan rings is 1. The summed E-state index contributed by atoms with van der Waals surface area (Å²) in [6, 6.07) is 15.6. The number of hydrogen-bond acceptors (Lipinski definition) is 8. The lowest BCUT2D eigenvalue weighted by Crippen LogP contribution is -2.21. The molecule has 11 heteroatoms. The Morgan fingerprint density at radius 1 is 1.13 bits per heavy atom. The Hall–Kier alpha value is -4.28. The number of carbonyl (C=O) groups excluding carboxylic acids is 1. The molecular formula is C27H23ClN4O5S. The molecule has 0 amide bonds. The Balaban J connectivity index is 1.55. The summed E-state index contributed by atoms with van der Waals surface area (Å²) in [5.74, 6) is 0.869. The molecule has 1 N–H and O–H groups in total. The van der Waals surface area contributed by atoms with E-state index in [-0.39, 0.29) is 11.1 Å². The fourth-order valence-electron chi connectivity index (χ4n) is 3.94. The van der Waals surface area contributed by atoms with Gasteiger partial charge >= 0.3 is 0 Å². The number of halogens is 1. The molecule has 4 heterocycles. The number of nitrogens with zero attached hydrogens (tertiary/aromatic N) is 3. The zero-order chi connectivity index (χ0) is 26.6. The van der Waals surface area contributed by atoms with Gasteiger partial charge in [0.2, 0.25) is 0 Å². The highest BCUT2D eigenvalue weighted by molar-refractivity contribution is 7.16. The van der Waals surface area contributed by atoms with Gasteiger partial charge < -0.3 is 23.8 Å². The first-order chi connectivity index (χ1) is 18.5. The molecule has 0 aliphatic heterocycles. The van der Waals surface area contributed by atoms with E-state index in [9.17, 15) is 9.59 Å². The molecule has 5 rings (SSSR count). The summed E-state index contributed by atoms with van der Waals surface area (Å²) in [5.41, 5.74) is 1.60. The van der Waals surface area contributed by atoms with Gasteiger partial charge in [-0.05, 0) is 42.5 Å².